The second-order valence-electron chi connectivity index (χ2n) is 6.35. The fourth-order valence-electron chi connectivity index (χ4n) is 2.98. The average molecular weight is 355 g/mol. The van der Waals surface area contributed by atoms with Crippen LogP contribution in [-0.2, 0) is 6.54 Å². The Kier molecular flexibility index (Phi) is 4.55. The van der Waals surface area contributed by atoms with Gasteiger partial charge in [0.15, 0.2) is 0 Å². The Labute approximate surface area is 151 Å². The summed E-state index contributed by atoms with van der Waals surface area (Å²) >= 11 is 1.61. The van der Waals surface area contributed by atoms with Gasteiger partial charge >= 0.3 is 0 Å². The largest absolute Gasteiger partial charge is 0.497 e. The van der Waals surface area contributed by atoms with Crippen LogP contribution >= 0.6 is 11.3 Å². The number of methoxy groups -OCH3 is 1. The van der Waals surface area contributed by atoms with E-state index in [1.165, 1.54) is 18.4 Å². The van der Waals surface area contributed by atoms with Crippen LogP contribution in [0.1, 0.15) is 37.3 Å². The predicted molar refractivity (Wildman–Crippen MR) is 97.6 cm³/mol. The minimum absolute atomic E-state index is 0.0933. The molecular weight excluding hydrogens is 334 g/mol. The first kappa shape index (κ1) is 16.3. The number of benzene rings is 1. The molecule has 0 N–H and O–H groups in total. The minimum Gasteiger partial charge on any atom is -0.497 e. The monoisotopic (exact) mass is 355 g/mol. The van der Waals surface area contributed by atoms with Crippen molar-refractivity contribution in [3.8, 4) is 16.5 Å². The van der Waals surface area contributed by atoms with Gasteiger partial charge in [-0.25, -0.2) is 0 Å². The van der Waals surface area contributed by atoms with Crippen LogP contribution in [0.5, 0.6) is 5.75 Å². The van der Waals surface area contributed by atoms with Gasteiger partial charge in [0.05, 0.1) is 18.0 Å². The van der Waals surface area contributed by atoms with Gasteiger partial charge in [0.25, 0.3) is 5.89 Å². The van der Waals surface area contributed by atoms with Crippen molar-refractivity contribution in [2.24, 2.45) is 0 Å². The summed E-state index contributed by atoms with van der Waals surface area (Å²) in [5.41, 5.74) is 1.26. The Balaban J connectivity index is 1.52. The maximum Gasteiger partial charge on any atom is 0.257 e. The van der Waals surface area contributed by atoms with Crippen LogP contribution in [-0.4, -0.2) is 28.2 Å². The van der Waals surface area contributed by atoms with E-state index in [1.807, 2.05) is 29.6 Å². The SMILES string of the molecule is COc1ccc(CN(C2CC2)[C@@H](C)c2nnc(-c3cccs3)o2)cc1. The molecule has 6 heteroatoms. The van der Waals surface area contributed by atoms with E-state index in [4.69, 9.17) is 9.15 Å². The van der Waals surface area contributed by atoms with Crippen molar-refractivity contribution in [1.29, 1.82) is 0 Å². The van der Waals surface area contributed by atoms with Crippen LogP contribution in [0.2, 0.25) is 0 Å². The molecule has 3 aromatic rings. The Morgan fingerprint density at radius 3 is 2.68 bits per heavy atom. The van der Waals surface area contributed by atoms with E-state index in [9.17, 15) is 0 Å². The van der Waals surface area contributed by atoms with E-state index in [0.29, 0.717) is 17.8 Å². The summed E-state index contributed by atoms with van der Waals surface area (Å²) in [6.07, 6.45) is 2.46. The van der Waals surface area contributed by atoms with Gasteiger partial charge in [-0.3, -0.25) is 4.90 Å². The number of rotatable bonds is 7. The van der Waals surface area contributed by atoms with Crippen molar-refractivity contribution in [2.45, 2.75) is 38.4 Å². The quantitative estimate of drug-likeness (QED) is 0.623. The molecule has 4 rings (SSSR count). The van der Waals surface area contributed by atoms with Gasteiger partial charge in [-0.15, -0.1) is 21.5 Å². The maximum absolute atomic E-state index is 5.95. The van der Waals surface area contributed by atoms with E-state index < -0.39 is 0 Å². The van der Waals surface area contributed by atoms with Gasteiger partial charge in [-0.1, -0.05) is 18.2 Å². The number of nitrogens with zero attached hydrogens (tertiary/aromatic N) is 3. The Morgan fingerprint density at radius 2 is 2.04 bits per heavy atom. The van der Waals surface area contributed by atoms with Crippen molar-refractivity contribution >= 4 is 11.3 Å². The lowest BCUT2D eigenvalue weighted by molar-refractivity contribution is 0.165. The van der Waals surface area contributed by atoms with Crippen molar-refractivity contribution in [1.82, 2.24) is 15.1 Å². The van der Waals surface area contributed by atoms with E-state index in [0.717, 1.165) is 17.2 Å². The number of hydrogen-bond donors (Lipinski definition) is 0. The standard InChI is InChI=1S/C19H21N3O2S/c1-13(18-20-21-19(24-18)17-4-3-11-25-17)22(15-7-8-15)12-14-5-9-16(23-2)10-6-14/h3-6,9-11,13,15H,7-8,12H2,1-2H3/t13-/m0/s1. The van der Waals surface area contributed by atoms with Gasteiger partial charge in [0.1, 0.15) is 5.75 Å². The number of hydrogen-bond acceptors (Lipinski definition) is 6. The van der Waals surface area contributed by atoms with Crippen molar-refractivity contribution in [2.75, 3.05) is 7.11 Å². The van der Waals surface area contributed by atoms with Gasteiger partial charge in [0.2, 0.25) is 5.89 Å². The molecule has 25 heavy (non-hydrogen) atoms. The molecule has 0 aliphatic heterocycles. The topological polar surface area (TPSA) is 51.4 Å². The highest BCUT2D eigenvalue weighted by atomic mass is 32.1. The van der Waals surface area contributed by atoms with E-state index in [2.05, 4.69) is 34.2 Å². The molecule has 0 saturated heterocycles. The fraction of sp³-hybridized carbons (Fsp3) is 0.368. The summed E-state index contributed by atoms with van der Waals surface area (Å²) < 4.78 is 11.2. The second-order valence-corrected chi connectivity index (χ2v) is 7.30. The molecule has 1 aliphatic carbocycles. The van der Waals surface area contributed by atoms with E-state index in [-0.39, 0.29) is 6.04 Å². The normalized spacial score (nSPS) is 15.5. The first-order valence-corrected chi connectivity index (χ1v) is 9.38. The lowest BCUT2D eigenvalue weighted by Gasteiger charge is -2.26. The van der Waals surface area contributed by atoms with Gasteiger partial charge < -0.3 is 9.15 Å². The van der Waals surface area contributed by atoms with Crippen LogP contribution in [0, 0.1) is 0 Å². The Hall–Kier alpha value is -2.18. The molecule has 1 aromatic carbocycles. The molecule has 2 heterocycles. The van der Waals surface area contributed by atoms with Crippen LogP contribution in [0.4, 0.5) is 0 Å². The lowest BCUT2D eigenvalue weighted by atomic mass is 10.1. The third-order valence-corrected chi connectivity index (χ3v) is 5.43. The van der Waals surface area contributed by atoms with Crippen molar-refractivity contribution < 1.29 is 9.15 Å². The maximum atomic E-state index is 5.95. The zero-order chi connectivity index (χ0) is 17.2. The zero-order valence-electron chi connectivity index (χ0n) is 14.4. The number of aromatic nitrogens is 2. The summed E-state index contributed by atoms with van der Waals surface area (Å²) in [5.74, 6) is 2.17. The number of thiophene rings is 1. The van der Waals surface area contributed by atoms with Crippen LogP contribution in [0.15, 0.2) is 46.2 Å². The van der Waals surface area contributed by atoms with E-state index >= 15 is 0 Å². The number of ether oxygens (including phenoxy) is 1. The third kappa shape index (κ3) is 3.60. The lowest BCUT2D eigenvalue weighted by Crippen LogP contribution is -2.29. The first-order chi connectivity index (χ1) is 12.2. The minimum atomic E-state index is 0.0933. The van der Waals surface area contributed by atoms with Crippen molar-refractivity contribution in [3.05, 3.63) is 53.2 Å². The zero-order valence-corrected chi connectivity index (χ0v) is 15.2. The molecule has 1 atom stereocenters. The summed E-state index contributed by atoms with van der Waals surface area (Å²) in [6.45, 7) is 3.01. The predicted octanol–water partition coefficient (Wildman–Crippen LogP) is 4.53. The molecule has 130 valence electrons. The summed E-state index contributed by atoms with van der Waals surface area (Å²) in [7, 11) is 1.69. The molecule has 0 unspecified atom stereocenters. The molecule has 2 aromatic heterocycles. The average Bonchev–Trinajstić information content (AvgIpc) is 3.13. The third-order valence-electron chi connectivity index (χ3n) is 4.57. The van der Waals surface area contributed by atoms with Crippen molar-refractivity contribution in [3.63, 3.8) is 0 Å². The molecule has 0 spiro atoms. The highest BCUT2D eigenvalue weighted by molar-refractivity contribution is 7.13. The van der Waals surface area contributed by atoms with Crippen LogP contribution in [0.3, 0.4) is 0 Å². The molecule has 0 radical (unpaired) electrons. The molecular formula is C19H21N3O2S. The molecule has 1 saturated carbocycles. The highest BCUT2D eigenvalue weighted by Crippen LogP contribution is 2.36. The Bertz CT molecular complexity index is 810. The van der Waals surface area contributed by atoms with Gasteiger partial charge in [-0.2, -0.15) is 0 Å². The first-order valence-electron chi connectivity index (χ1n) is 8.50. The van der Waals surface area contributed by atoms with E-state index in [1.54, 1.807) is 18.4 Å². The molecule has 1 fully saturated rings. The van der Waals surface area contributed by atoms with Gasteiger partial charge in [0, 0.05) is 12.6 Å². The Morgan fingerprint density at radius 1 is 1.24 bits per heavy atom. The molecule has 1 aliphatic rings. The molecule has 0 amide bonds. The van der Waals surface area contributed by atoms with Crippen LogP contribution in [0.25, 0.3) is 10.8 Å². The molecule has 0 bridgehead atoms. The second kappa shape index (κ2) is 6.98. The van der Waals surface area contributed by atoms with Gasteiger partial charge in [-0.05, 0) is 48.9 Å². The fourth-order valence-corrected chi connectivity index (χ4v) is 3.62. The summed E-state index contributed by atoms with van der Waals surface area (Å²) in [4.78, 5) is 3.46. The summed E-state index contributed by atoms with van der Waals surface area (Å²) in [5, 5.41) is 10.5. The van der Waals surface area contributed by atoms with Crippen LogP contribution < -0.4 is 4.74 Å². The smallest absolute Gasteiger partial charge is 0.257 e. The summed E-state index contributed by atoms with van der Waals surface area (Å²) in [6, 6.07) is 12.9. The highest BCUT2D eigenvalue weighted by Gasteiger charge is 2.35. The molecule has 5 nitrogen and oxygen atoms in total.